The molecule has 0 atom stereocenters. The first-order chi connectivity index (χ1) is 32.3. The molecule has 0 amide bonds. The average Bonchev–Trinajstić information content (AvgIpc) is 3.33. The largest absolute Gasteiger partial charge is 0.251 e. The summed E-state index contributed by atoms with van der Waals surface area (Å²) in [6.45, 7) is 4.62. The molecule has 2 rings (SSSR count). The molecule has 66 heavy (non-hydrogen) atoms. The Hall–Kier alpha value is -1.99. The molecular weight excluding hydrogens is 843 g/mol. The Balaban J connectivity index is 0.0000218. The molecule has 0 spiro atoms. The molecule has 0 aliphatic rings. The van der Waals surface area contributed by atoms with Crippen LogP contribution in [0.5, 0.6) is 0 Å². The van der Waals surface area contributed by atoms with Crippen LogP contribution in [0.2, 0.25) is 0 Å². The van der Waals surface area contributed by atoms with Gasteiger partial charge in [-0.1, -0.05) is 320 Å². The molecule has 0 saturated carbocycles. The third kappa shape index (κ3) is 41.0. The molecule has 0 unspecified atom stereocenters. The zero-order chi connectivity index (χ0) is 46.0. The van der Waals surface area contributed by atoms with Crippen LogP contribution in [0.15, 0.2) is 82.8 Å². The molecule has 380 valence electrons. The van der Waals surface area contributed by atoms with Crippen molar-refractivity contribution in [2.24, 2.45) is 9.98 Å². The van der Waals surface area contributed by atoms with Gasteiger partial charge >= 0.3 is 0 Å². The fourth-order valence-corrected chi connectivity index (χ4v) is 9.53. The van der Waals surface area contributed by atoms with Crippen LogP contribution in [0.25, 0.3) is 0 Å². The summed E-state index contributed by atoms with van der Waals surface area (Å²) in [5.41, 5.74) is 4.20. The van der Waals surface area contributed by atoms with Gasteiger partial charge < -0.3 is 0 Å². The van der Waals surface area contributed by atoms with E-state index in [1.165, 1.54) is 276 Å². The molecule has 3 heteroatoms. The minimum atomic E-state index is 0. The summed E-state index contributed by atoms with van der Waals surface area (Å²) in [4.78, 5) is 10.4. The van der Waals surface area contributed by atoms with Gasteiger partial charge in [-0.2, -0.15) is 0 Å². The first-order valence-electron chi connectivity index (χ1n) is 29.3. The molecule has 0 aromatic heterocycles. The van der Waals surface area contributed by atoms with Gasteiger partial charge in [0.2, 0.25) is 0 Å². The number of aliphatic imine (C=N–C) groups is 2. The fourth-order valence-electron chi connectivity index (χ4n) is 9.53. The van der Waals surface area contributed by atoms with Gasteiger partial charge in [0.25, 0.3) is 0 Å². The van der Waals surface area contributed by atoms with Crippen molar-refractivity contribution in [3.63, 3.8) is 0 Å². The third-order valence-electron chi connectivity index (χ3n) is 13.8. The van der Waals surface area contributed by atoms with Crippen LogP contribution in [0.1, 0.15) is 303 Å². The molecule has 0 N–H and O–H groups in total. The second-order valence-electron chi connectivity index (χ2n) is 20.2. The van der Waals surface area contributed by atoms with E-state index in [1.54, 1.807) is 0 Å². The van der Waals surface area contributed by atoms with Gasteiger partial charge in [0.15, 0.2) is 0 Å². The first-order valence-corrected chi connectivity index (χ1v) is 29.3. The Morgan fingerprint density at radius 3 is 0.879 bits per heavy atom. The number of para-hydroxylation sites is 2. The maximum atomic E-state index is 5.22. The van der Waals surface area contributed by atoms with E-state index in [1.807, 2.05) is 0 Å². The summed E-state index contributed by atoms with van der Waals surface area (Å²) in [5, 5.41) is 0. The molecule has 2 aromatic carbocycles. The third-order valence-corrected chi connectivity index (χ3v) is 13.8. The quantitative estimate of drug-likeness (QED) is 0.0359. The first kappa shape index (κ1) is 62.0. The van der Waals surface area contributed by atoms with Crippen molar-refractivity contribution in [3.05, 3.63) is 72.8 Å². The molecule has 0 bridgehead atoms. The van der Waals surface area contributed by atoms with Gasteiger partial charge in [0, 0.05) is 16.5 Å². The van der Waals surface area contributed by atoms with Crippen molar-refractivity contribution in [3.8, 4) is 0 Å². The van der Waals surface area contributed by atoms with Crippen LogP contribution in [-0.4, -0.2) is 11.4 Å². The Morgan fingerprint density at radius 2 is 0.576 bits per heavy atom. The van der Waals surface area contributed by atoms with Gasteiger partial charge in [-0.3, -0.25) is 4.99 Å². The maximum Gasteiger partial charge on any atom is 0.0848 e. The summed E-state index contributed by atoms with van der Waals surface area (Å²) < 4.78 is 0. The Morgan fingerprint density at radius 1 is 0.318 bits per heavy atom. The Kier molecular flexibility index (Phi) is 47.8. The predicted molar refractivity (Wildman–Crippen MR) is 295 cm³/mol. The Labute approximate surface area is 422 Å². The van der Waals surface area contributed by atoms with Crippen LogP contribution in [0, 0.1) is 0 Å². The monoisotopic (exact) mass is 951 g/mol. The second-order valence-corrected chi connectivity index (χ2v) is 20.2. The number of allylic oxidation sites excluding steroid dienone is 2. The van der Waals surface area contributed by atoms with Crippen molar-refractivity contribution in [2.75, 3.05) is 0 Å². The number of rotatable bonds is 49. The molecule has 0 fully saturated rings. The summed E-state index contributed by atoms with van der Waals surface area (Å²) in [7, 11) is 0. The Bertz CT molecular complexity index is 1330. The van der Waals surface area contributed by atoms with E-state index in [4.69, 9.17) is 9.98 Å². The number of benzene rings is 2. The summed E-state index contributed by atoms with van der Waals surface area (Å²) in [5.74, 6) is 0. The van der Waals surface area contributed by atoms with Crippen LogP contribution in [0.4, 0.5) is 11.4 Å². The van der Waals surface area contributed by atoms with E-state index in [0.29, 0.717) is 0 Å². The number of hydrogen-bond donors (Lipinski definition) is 0. The van der Waals surface area contributed by atoms with E-state index in [9.17, 15) is 0 Å². The van der Waals surface area contributed by atoms with Gasteiger partial charge in [0.1, 0.15) is 0 Å². The van der Waals surface area contributed by atoms with E-state index in [2.05, 4.69) is 86.7 Å². The van der Waals surface area contributed by atoms with Crippen molar-refractivity contribution >= 4 is 22.8 Å². The molecule has 0 radical (unpaired) electrons. The van der Waals surface area contributed by atoms with Crippen molar-refractivity contribution in [1.82, 2.24) is 0 Å². The topological polar surface area (TPSA) is 24.7 Å². The zero-order valence-corrected chi connectivity index (χ0v) is 44.9. The van der Waals surface area contributed by atoms with Crippen molar-refractivity contribution < 1.29 is 16.5 Å². The number of nitrogens with zero attached hydrogens (tertiary/aromatic N) is 2. The van der Waals surface area contributed by atoms with Crippen LogP contribution >= 0.6 is 0 Å². The maximum absolute atomic E-state index is 5.22. The normalized spacial score (nSPS) is 12.1. The SMILES string of the molecule is CCCCCCCCCCCCCCCCCCCCCCCCCCCC=CC(=Nc1ccccc1)C(CCCCCCCCCCCCCCCCCCCC)=Nc1ccccc1.[Ni]. The average molecular weight is 952 g/mol. The minimum Gasteiger partial charge on any atom is -0.251 e. The standard InChI is InChI=1S/C63H108N2.Ni/c1-3-5-7-9-11-13-15-17-19-21-23-24-25-26-27-28-29-30-31-33-35-37-39-41-43-45-53-59-63(65-61-56-50-47-51-57-61)62(64-60-54-48-46-49-55-60)58-52-44-42-40-38-36-34-32-22-20-18-16-14-12-10-8-6-4-2;/h46-51,53-57,59H,3-45,52,58H2,1-2H3;. The van der Waals surface area contributed by atoms with Crippen LogP contribution in [-0.2, 0) is 16.5 Å². The summed E-state index contributed by atoms with van der Waals surface area (Å²) in [6.07, 6.45) is 67.9. The minimum absolute atomic E-state index is 0. The molecule has 2 aromatic rings. The number of unbranched alkanes of at least 4 members (excludes halogenated alkanes) is 42. The summed E-state index contributed by atoms with van der Waals surface area (Å²) in [6, 6.07) is 21.0. The molecule has 0 heterocycles. The fraction of sp³-hybridized carbons (Fsp3) is 0.746. The molecule has 0 saturated heterocycles. The smallest absolute Gasteiger partial charge is 0.0848 e. The summed E-state index contributed by atoms with van der Waals surface area (Å²) >= 11 is 0. The van der Waals surface area contributed by atoms with Crippen molar-refractivity contribution in [2.45, 2.75) is 303 Å². The predicted octanol–water partition coefficient (Wildman–Crippen LogP) is 22.7. The molecular formula is C63H108N2Ni. The molecule has 2 nitrogen and oxygen atoms in total. The van der Waals surface area contributed by atoms with E-state index >= 15 is 0 Å². The van der Waals surface area contributed by atoms with E-state index in [0.717, 1.165) is 35.6 Å². The van der Waals surface area contributed by atoms with Gasteiger partial charge in [-0.05, 0) is 56.0 Å². The van der Waals surface area contributed by atoms with Gasteiger partial charge in [-0.25, -0.2) is 4.99 Å². The molecule has 0 aliphatic carbocycles. The number of hydrogen-bond acceptors (Lipinski definition) is 2. The zero-order valence-electron chi connectivity index (χ0n) is 44.0. The van der Waals surface area contributed by atoms with Gasteiger partial charge in [0.05, 0.1) is 22.8 Å². The molecule has 0 aliphatic heterocycles. The second kappa shape index (κ2) is 50.9. The van der Waals surface area contributed by atoms with Crippen LogP contribution in [0.3, 0.4) is 0 Å². The van der Waals surface area contributed by atoms with Crippen molar-refractivity contribution in [1.29, 1.82) is 0 Å². The van der Waals surface area contributed by atoms with E-state index < -0.39 is 0 Å². The van der Waals surface area contributed by atoms with Crippen LogP contribution < -0.4 is 0 Å². The van der Waals surface area contributed by atoms with E-state index in [-0.39, 0.29) is 16.5 Å². The van der Waals surface area contributed by atoms with Gasteiger partial charge in [-0.15, -0.1) is 0 Å².